The second-order valence-electron chi connectivity index (χ2n) is 3.48. The minimum Gasteiger partial charge on any atom is -0.279 e. The van der Waals surface area contributed by atoms with Crippen molar-refractivity contribution >= 4 is 11.4 Å². The van der Waals surface area contributed by atoms with Gasteiger partial charge in [-0.15, -0.1) is 0 Å². The molecule has 1 N–H and O–H groups in total. The van der Waals surface area contributed by atoms with Crippen molar-refractivity contribution in [2.24, 2.45) is 0 Å². The molecule has 0 aliphatic rings. The minimum atomic E-state index is -4.42. The molecule has 0 saturated carbocycles. The van der Waals surface area contributed by atoms with Crippen molar-refractivity contribution in [2.45, 2.75) is 12.7 Å². The highest BCUT2D eigenvalue weighted by Gasteiger charge is 2.29. The van der Waals surface area contributed by atoms with Crippen LogP contribution >= 0.6 is 0 Å². The van der Waals surface area contributed by atoms with Crippen LogP contribution in [-0.4, -0.2) is 36.0 Å². The largest absolute Gasteiger partial charge is 0.408 e. The quantitative estimate of drug-likeness (QED) is 0.677. The van der Waals surface area contributed by atoms with E-state index in [2.05, 4.69) is 15.3 Å². The van der Waals surface area contributed by atoms with E-state index in [0.29, 0.717) is 4.68 Å². The van der Waals surface area contributed by atoms with Crippen LogP contribution in [0.25, 0.3) is 0 Å². The number of aromatic nitrogens is 4. The average molecular weight is 308 g/mol. The van der Waals surface area contributed by atoms with E-state index >= 15 is 0 Å². The van der Waals surface area contributed by atoms with Gasteiger partial charge in [-0.2, -0.15) is 23.4 Å². The van der Waals surface area contributed by atoms with Crippen molar-refractivity contribution in [2.75, 3.05) is 0 Å². The molecule has 2 aromatic rings. The Morgan fingerprint density at radius 2 is 1.81 bits per heavy atom. The van der Waals surface area contributed by atoms with Gasteiger partial charge < -0.3 is 0 Å². The zero-order valence-electron chi connectivity index (χ0n) is 10.0. The van der Waals surface area contributed by atoms with Crippen LogP contribution in [0, 0.1) is 20.2 Å². The zero-order chi connectivity index (χ0) is 16.0. The van der Waals surface area contributed by atoms with E-state index in [9.17, 15) is 33.4 Å². The number of aromatic amines is 1. The molecule has 0 saturated heterocycles. The van der Waals surface area contributed by atoms with Gasteiger partial charge in [-0.1, -0.05) is 0 Å². The zero-order valence-corrected chi connectivity index (χ0v) is 10.0. The molecule has 0 aliphatic carbocycles. The number of H-pyrrole nitrogens is 1. The van der Waals surface area contributed by atoms with Crippen molar-refractivity contribution < 1.29 is 23.0 Å². The Hall–Kier alpha value is -2.99. The van der Waals surface area contributed by atoms with Crippen molar-refractivity contribution in [1.82, 2.24) is 20.0 Å². The molecule has 0 fully saturated rings. The summed E-state index contributed by atoms with van der Waals surface area (Å²) in [5.74, 6) is 0. The Bertz CT molecular complexity index is 608. The molecule has 0 bridgehead atoms. The highest BCUT2D eigenvalue weighted by Crippen LogP contribution is 2.18. The SMILES string of the molecule is O=[N+]([O-])c1cn[nH]c1.O=[N+]([O-])c1cnn(CC(F)(F)F)c1. The first kappa shape index (κ1) is 16.1. The van der Waals surface area contributed by atoms with Gasteiger partial charge in [0.05, 0.1) is 16.0 Å². The topological polar surface area (TPSA) is 133 Å². The standard InChI is InChI=1S/C5H4F3N3O2.C3H3N3O2/c6-5(7,8)3-10-2-4(1-9-10)11(12)13;7-6(8)3-1-4-5-2-3/h1-2H,3H2;1-2H,(H,4,5). The van der Waals surface area contributed by atoms with Crippen LogP contribution in [0.15, 0.2) is 24.8 Å². The second-order valence-corrected chi connectivity index (χ2v) is 3.48. The van der Waals surface area contributed by atoms with Gasteiger partial charge in [-0.05, 0) is 0 Å². The smallest absolute Gasteiger partial charge is 0.279 e. The summed E-state index contributed by atoms with van der Waals surface area (Å²) in [4.78, 5) is 18.5. The molecule has 0 radical (unpaired) electrons. The lowest BCUT2D eigenvalue weighted by molar-refractivity contribution is -0.385. The van der Waals surface area contributed by atoms with Crippen LogP contribution in [0.2, 0.25) is 0 Å². The molecule has 0 unspecified atom stereocenters. The molecule has 10 nitrogen and oxygen atoms in total. The Kier molecular flexibility index (Phi) is 4.93. The van der Waals surface area contributed by atoms with Crippen LogP contribution in [0.4, 0.5) is 24.5 Å². The summed E-state index contributed by atoms with van der Waals surface area (Å²) in [7, 11) is 0. The molecule has 0 atom stereocenters. The van der Waals surface area contributed by atoms with Gasteiger partial charge in [-0.3, -0.25) is 30.0 Å². The van der Waals surface area contributed by atoms with E-state index in [-0.39, 0.29) is 5.69 Å². The van der Waals surface area contributed by atoms with E-state index in [1.165, 1.54) is 6.20 Å². The maximum Gasteiger partial charge on any atom is 0.408 e. The van der Waals surface area contributed by atoms with E-state index in [0.717, 1.165) is 18.6 Å². The van der Waals surface area contributed by atoms with Gasteiger partial charge in [0.2, 0.25) is 0 Å². The summed E-state index contributed by atoms with van der Waals surface area (Å²) in [5.41, 5.74) is -0.464. The molecule has 0 aliphatic heterocycles. The Balaban J connectivity index is 0.000000235. The van der Waals surface area contributed by atoms with E-state index in [4.69, 9.17) is 0 Å². The van der Waals surface area contributed by atoms with Gasteiger partial charge in [-0.25, -0.2) is 0 Å². The van der Waals surface area contributed by atoms with E-state index < -0.39 is 28.3 Å². The molecule has 2 aromatic heterocycles. The summed E-state index contributed by atoms with van der Waals surface area (Å²) < 4.78 is 35.6. The fraction of sp³-hybridized carbons (Fsp3) is 0.250. The first-order chi connectivity index (χ1) is 9.69. The maximum absolute atomic E-state index is 11.7. The monoisotopic (exact) mass is 308 g/mol. The van der Waals surface area contributed by atoms with Gasteiger partial charge in [0.1, 0.15) is 25.1 Å². The van der Waals surface area contributed by atoms with Crippen LogP contribution in [0.3, 0.4) is 0 Å². The molecule has 0 spiro atoms. The predicted octanol–water partition coefficient (Wildman–Crippen LogP) is 1.67. The molecule has 21 heavy (non-hydrogen) atoms. The van der Waals surface area contributed by atoms with Crippen molar-refractivity contribution in [3.05, 3.63) is 45.0 Å². The molecule has 2 heterocycles. The van der Waals surface area contributed by atoms with Gasteiger partial charge in [0.25, 0.3) is 0 Å². The van der Waals surface area contributed by atoms with Crippen LogP contribution in [0.5, 0.6) is 0 Å². The van der Waals surface area contributed by atoms with Gasteiger partial charge in [0.15, 0.2) is 0 Å². The summed E-state index contributed by atoms with van der Waals surface area (Å²) in [6.07, 6.45) is -0.543. The number of halogens is 3. The molecule has 0 aromatic carbocycles. The molecule has 114 valence electrons. The Morgan fingerprint density at radius 1 is 1.19 bits per heavy atom. The third-order valence-electron chi connectivity index (χ3n) is 1.87. The Morgan fingerprint density at radius 3 is 2.14 bits per heavy atom. The predicted molar refractivity (Wildman–Crippen MR) is 60.2 cm³/mol. The minimum absolute atomic E-state index is 0.00926. The molecular formula is C8H7F3N6O4. The summed E-state index contributed by atoms with van der Waals surface area (Å²) >= 11 is 0. The molecule has 13 heteroatoms. The van der Waals surface area contributed by atoms with Crippen molar-refractivity contribution in [3.8, 4) is 0 Å². The number of nitrogens with one attached hydrogen (secondary N) is 1. The molecule has 2 rings (SSSR count). The number of hydrogen-bond donors (Lipinski definition) is 1. The van der Waals surface area contributed by atoms with Crippen LogP contribution in [-0.2, 0) is 6.54 Å². The number of nitro groups is 2. The third kappa shape index (κ3) is 5.66. The van der Waals surface area contributed by atoms with Crippen molar-refractivity contribution in [3.63, 3.8) is 0 Å². The number of nitrogens with zero attached hydrogens (tertiary/aromatic N) is 5. The lowest BCUT2D eigenvalue weighted by Gasteiger charge is -2.04. The van der Waals surface area contributed by atoms with Crippen LogP contribution < -0.4 is 0 Å². The number of alkyl halides is 3. The first-order valence-electron chi connectivity index (χ1n) is 5.06. The number of rotatable bonds is 3. The maximum atomic E-state index is 11.7. The van der Waals surface area contributed by atoms with E-state index in [1.807, 2.05) is 0 Å². The number of hydrogen-bond acceptors (Lipinski definition) is 6. The second kappa shape index (κ2) is 6.44. The fourth-order valence-corrected chi connectivity index (χ4v) is 1.06. The Labute approximate surface area is 113 Å². The van der Waals surface area contributed by atoms with Crippen molar-refractivity contribution in [1.29, 1.82) is 0 Å². The van der Waals surface area contributed by atoms with Gasteiger partial charge >= 0.3 is 17.6 Å². The lowest BCUT2D eigenvalue weighted by Crippen LogP contribution is -2.17. The molecule has 0 amide bonds. The third-order valence-corrected chi connectivity index (χ3v) is 1.87. The lowest BCUT2D eigenvalue weighted by atomic mass is 10.6. The van der Waals surface area contributed by atoms with Crippen LogP contribution in [0.1, 0.15) is 0 Å². The van der Waals surface area contributed by atoms with E-state index in [1.54, 1.807) is 0 Å². The fourth-order valence-electron chi connectivity index (χ4n) is 1.06. The summed E-state index contributed by atoms with van der Waals surface area (Å²) in [6.45, 7) is -1.32. The molecular weight excluding hydrogens is 301 g/mol. The highest BCUT2D eigenvalue weighted by atomic mass is 19.4. The first-order valence-corrected chi connectivity index (χ1v) is 5.06. The highest BCUT2D eigenvalue weighted by molar-refractivity contribution is 5.20. The normalized spacial score (nSPS) is 10.6. The summed E-state index contributed by atoms with van der Waals surface area (Å²) in [6, 6.07) is 0. The van der Waals surface area contributed by atoms with Gasteiger partial charge in [0, 0.05) is 0 Å². The average Bonchev–Trinajstić information content (AvgIpc) is 2.96. The summed E-state index contributed by atoms with van der Waals surface area (Å²) in [5, 5.41) is 28.7.